The van der Waals surface area contributed by atoms with E-state index >= 15 is 0 Å². The fourth-order valence-corrected chi connectivity index (χ4v) is 2.47. The lowest BCUT2D eigenvalue weighted by Crippen LogP contribution is -2.48. The van der Waals surface area contributed by atoms with Crippen LogP contribution in [0.3, 0.4) is 0 Å². The molecule has 0 saturated carbocycles. The first-order valence-corrected chi connectivity index (χ1v) is 6.94. The van der Waals surface area contributed by atoms with E-state index < -0.39 is 11.4 Å². The second-order valence-corrected chi connectivity index (χ2v) is 5.59. The Morgan fingerprint density at radius 2 is 2.29 bits per heavy atom. The molecule has 1 aromatic rings. The van der Waals surface area contributed by atoms with E-state index in [0.717, 1.165) is 6.42 Å². The van der Waals surface area contributed by atoms with Gasteiger partial charge in [-0.2, -0.15) is 0 Å². The van der Waals surface area contributed by atoms with Crippen LogP contribution in [0.4, 0.5) is 4.39 Å². The Balaban J connectivity index is 2.03. The van der Waals surface area contributed by atoms with E-state index in [0.29, 0.717) is 25.1 Å². The number of carbonyl (C=O) groups is 1. The first kappa shape index (κ1) is 15.5. The molecular formula is C16H20FNO3. The van der Waals surface area contributed by atoms with Crippen LogP contribution in [-0.4, -0.2) is 41.7 Å². The average molecular weight is 293 g/mol. The summed E-state index contributed by atoms with van der Waals surface area (Å²) >= 11 is 0. The van der Waals surface area contributed by atoms with Crippen LogP contribution < -0.4 is 4.74 Å². The summed E-state index contributed by atoms with van der Waals surface area (Å²) in [4.78, 5) is 13.7. The van der Waals surface area contributed by atoms with Gasteiger partial charge in [0.1, 0.15) is 0 Å². The molecular weight excluding hydrogens is 273 g/mol. The Bertz CT molecular complexity index is 554. The molecule has 1 unspecified atom stereocenters. The minimum absolute atomic E-state index is 0.172. The van der Waals surface area contributed by atoms with Crippen molar-refractivity contribution in [1.82, 2.24) is 4.90 Å². The molecule has 1 aliphatic rings. The normalized spacial score (nSPS) is 22.6. The molecule has 21 heavy (non-hydrogen) atoms. The number of hydrogen-bond donors (Lipinski definition) is 1. The van der Waals surface area contributed by atoms with Crippen LogP contribution in [0.2, 0.25) is 0 Å². The number of rotatable bonds is 3. The second kappa shape index (κ2) is 6.26. The summed E-state index contributed by atoms with van der Waals surface area (Å²) in [5.74, 6) is -0.468. The van der Waals surface area contributed by atoms with Gasteiger partial charge in [-0.1, -0.05) is 6.07 Å². The highest BCUT2D eigenvalue weighted by atomic mass is 19.1. The van der Waals surface area contributed by atoms with E-state index in [2.05, 4.69) is 0 Å². The third kappa shape index (κ3) is 4.04. The molecule has 0 bridgehead atoms. The summed E-state index contributed by atoms with van der Waals surface area (Å²) in [6.07, 6.45) is 4.45. The Kier molecular flexibility index (Phi) is 4.63. The molecule has 0 aromatic heterocycles. The molecule has 114 valence electrons. The van der Waals surface area contributed by atoms with Crippen molar-refractivity contribution in [3.63, 3.8) is 0 Å². The Morgan fingerprint density at radius 3 is 2.90 bits per heavy atom. The highest BCUT2D eigenvalue weighted by Crippen LogP contribution is 2.21. The van der Waals surface area contributed by atoms with Gasteiger partial charge in [-0.3, -0.25) is 4.79 Å². The highest BCUT2D eigenvalue weighted by Gasteiger charge is 2.29. The molecule has 1 aromatic carbocycles. The van der Waals surface area contributed by atoms with E-state index in [1.54, 1.807) is 24.0 Å². The van der Waals surface area contributed by atoms with Gasteiger partial charge in [-0.15, -0.1) is 0 Å². The molecule has 0 spiro atoms. The highest BCUT2D eigenvalue weighted by molar-refractivity contribution is 5.91. The lowest BCUT2D eigenvalue weighted by molar-refractivity contribution is -0.132. The third-order valence-corrected chi connectivity index (χ3v) is 3.58. The number of hydrogen-bond acceptors (Lipinski definition) is 3. The number of halogens is 1. The summed E-state index contributed by atoms with van der Waals surface area (Å²) in [7, 11) is 1.40. The van der Waals surface area contributed by atoms with Crippen LogP contribution in [0.1, 0.15) is 25.3 Å². The second-order valence-electron chi connectivity index (χ2n) is 5.59. The van der Waals surface area contributed by atoms with E-state index in [9.17, 15) is 14.3 Å². The van der Waals surface area contributed by atoms with Crippen molar-refractivity contribution in [3.8, 4) is 5.75 Å². The standard InChI is InChI=1S/C16H20FNO3/c1-16(20)8-3-9-18(11-16)15(19)7-5-12-4-6-14(21-2)13(17)10-12/h4-7,10,20H,3,8-9,11H2,1-2H3/b7-5+. The van der Waals surface area contributed by atoms with E-state index in [1.165, 1.54) is 25.3 Å². The zero-order valence-electron chi connectivity index (χ0n) is 12.3. The molecule has 1 aliphatic heterocycles. The minimum Gasteiger partial charge on any atom is -0.494 e. The Hall–Kier alpha value is -1.88. The monoisotopic (exact) mass is 293 g/mol. The fraction of sp³-hybridized carbons (Fsp3) is 0.438. The number of aliphatic hydroxyl groups is 1. The fourth-order valence-electron chi connectivity index (χ4n) is 2.47. The number of likely N-dealkylation sites (tertiary alicyclic amines) is 1. The van der Waals surface area contributed by atoms with Crippen LogP contribution in [0.25, 0.3) is 6.08 Å². The summed E-state index contributed by atoms with van der Waals surface area (Å²) in [5.41, 5.74) is -0.237. The maximum absolute atomic E-state index is 13.5. The van der Waals surface area contributed by atoms with Gasteiger partial charge in [-0.25, -0.2) is 4.39 Å². The largest absolute Gasteiger partial charge is 0.494 e. The smallest absolute Gasteiger partial charge is 0.246 e. The predicted octanol–water partition coefficient (Wildman–Crippen LogP) is 2.22. The molecule has 1 N–H and O–H groups in total. The van der Waals surface area contributed by atoms with Crippen LogP contribution in [-0.2, 0) is 4.79 Å². The first-order valence-electron chi connectivity index (χ1n) is 6.94. The van der Waals surface area contributed by atoms with Gasteiger partial charge in [0.25, 0.3) is 0 Å². The number of β-amino-alcohol motifs (C(OH)–C–C–N with tert-alkyl or cyclic N) is 1. The summed E-state index contributed by atoms with van der Waals surface area (Å²) in [6, 6.07) is 4.51. The molecule has 2 rings (SSSR count). The van der Waals surface area contributed by atoms with E-state index in [4.69, 9.17) is 4.74 Å². The van der Waals surface area contributed by atoms with Crippen molar-refractivity contribution < 1.29 is 19.0 Å². The van der Waals surface area contributed by atoms with Gasteiger partial charge in [-0.05, 0) is 43.5 Å². The third-order valence-electron chi connectivity index (χ3n) is 3.58. The topological polar surface area (TPSA) is 49.8 Å². The van der Waals surface area contributed by atoms with Gasteiger partial charge in [0.05, 0.1) is 12.7 Å². The molecule has 1 heterocycles. The van der Waals surface area contributed by atoms with Gasteiger partial charge in [0, 0.05) is 19.2 Å². The quantitative estimate of drug-likeness (QED) is 0.869. The zero-order valence-corrected chi connectivity index (χ0v) is 12.3. The molecule has 0 radical (unpaired) electrons. The minimum atomic E-state index is -0.825. The SMILES string of the molecule is COc1ccc(/C=C/C(=O)N2CCCC(C)(O)C2)cc1F. The molecule has 1 atom stereocenters. The average Bonchev–Trinajstić information content (AvgIpc) is 2.43. The maximum Gasteiger partial charge on any atom is 0.246 e. The van der Waals surface area contributed by atoms with Crippen molar-refractivity contribution in [3.05, 3.63) is 35.7 Å². The van der Waals surface area contributed by atoms with Crippen molar-refractivity contribution in [1.29, 1.82) is 0 Å². The Labute approximate surface area is 123 Å². The molecule has 5 heteroatoms. The van der Waals surface area contributed by atoms with Gasteiger partial charge in [0.15, 0.2) is 11.6 Å². The Morgan fingerprint density at radius 1 is 1.52 bits per heavy atom. The molecule has 0 aliphatic carbocycles. The first-order chi connectivity index (χ1) is 9.91. The zero-order chi connectivity index (χ0) is 15.5. The number of amides is 1. The van der Waals surface area contributed by atoms with Crippen LogP contribution >= 0.6 is 0 Å². The van der Waals surface area contributed by atoms with Crippen molar-refractivity contribution in [2.24, 2.45) is 0 Å². The number of benzene rings is 1. The van der Waals surface area contributed by atoms with Gasteiger partial charge >= 0.3 is 0 Å². The molecule has 4 nitrogen and oxygen atoms in total. The summed E-state index contributed by atoms with van der Waals surface area (Å²) < 4.78 is 18.4. The van der Waals surface area contributed by atoms with Crippen LogP contribution in [0.15, 0.2) is 24.3 Å². The summed E-state index contributed by atoms with van der Waals surface area (Å²) in [6.45, 7) is 2.69. The van der Waals surface area contributed by atoms with Crippen molar-refractivity contribution in [2.45, 2.75) is 25.4 Å². The maximum atomic E-state index is 13.5. The van der Waals surface area contributed by atoms with E-state index in [-0.39, 0.29) is 11.7 Å². The van der Waals surface area contributed by atoms with Crippen molar-refractivity contribution in [2.75, 3.05) is 20.2 Å². The number of piperidine rings is 1. The number of nitrogens with zero attached hydrogens (tertiary/aromatic N) is 1. The van der Waals surface area contributed by atoms with Crippen LogP contribution in [0.5, 0.6) is 5.75 Å². The summed E-state index contributed by atoms with van der Waals surface area (Å²) in [5, 5.41) is 9.99. The lowest BCUT2D eigenvalue weighted by Gasteiger charge is -2.36. The van der Waals surface area contributed by atoms with E-state index in [1.807, 2.05) is 0 Å². The number of ether oxygens (including phenoxy) is 1. The molecule has 1 saturated heterocycles. The molecule has 1 fully saturated rings. The van der Waals surface area contributed by atoms with Crippen LogP contribution in [0, 0.1) is 5.82 Å². The number of methoxy groups -OCH3 is 1. The number of carbonyl (C=O) groups excluding carboxylic acids is 1. The predicted molar refractivity (Wildman–Crippen MR) is 78.4 cm³/mol. The lowest BCUT2D eigenvalue weighted by atomic mass is 9.95. The molecule has 1 amide bonds. The van der Waals surface area contributed by atoms with Gasteiger partial charge in [0.2, 0.25) is 5.91 Å². The van der Waals surface area contributed by atoms with Gasteiger partial charge < -0.3 is 14.7 Å². The van der Waals surface area contributed by atoms with Crippen molar-refractivity contribution >= 4 is 12.0 Å².